The molecule has 5 rings (SSSR count). The van der Waals surface area contributed by atoms with E-state index in [1.54, 1.807) is 67.8 Å². The molecule has 0 saturated carbocycles. The van der Waals surface area contributed by atoms with Gasteiger partial charge in [-0.2, -0.15) is 5.10 Å². The lowest BCUT2D eigenvalue weighted by molar-refractivity contribution is -0.0104. The van der Waals surface area contributed by atoms with E-state index in [1.165, 1.54) is 25.6 Å². The van der Waals surface area contributed by atoms with Crippen molar-refractivity contribution in [2.45, 2.75) is 69.9 Å². The average Bonchev–Trinajstić information content (AvgIpc) is 3.51. The predicted octanol–water partition coefficient (Wildman–Crippen LogP) is 4.98. The highest BCUT2D eigenvalue weighted by atomic mass is 19.1. The van der Waals surface area contributed by atoms with Gasteiger partial charge in [-0.25, -0.2) is 18.6 Å². The smallest absolute Gasteiger partial charge is 0.410 e. The first-order valence-electron chi connectivity index (χ1n) is 13.6. The van der Waals surface area contributed by atoms with Gasteiger partial charge in [0.1, 0.15) is 29.2 Å². The second-order valence-electron chi connectivity index (χ2n) is 11.6. The van der Waals surface area contributed by atoms with Gasteiger partial charge in [-0.05, 0) is 52.2 Å². The van der Waals surface area contributed by atoms with Crippen LogP contribution in [0.5, 0.6) is 5.75 Å². The third-order valence-corrected chi connectivity index (χ3v) is 7.59. The second-order valence-corrected chi connectivity index (χ2v) is 11.6. The summed E-state index contributed by atoms with van der Waals surface area (Å²) in [7, 11) is 5.03. The summed E-state index contributed by atoms with van der Waals surface area (Å²) >= 11 is 0. The highest BCUT2D eigenvalue weighted by Gasteiger charge is 2.52. The van der Waals surface area contributed by atoms with Crippen LogP contribution in [0, 0.1) is 5.82 Å². The number of carbonyl (C=O) groups excluding carboxylic acids is 1. The van der Waals surface area contributed by atoms with Crippen LogP contribution in [0.25, 0.3) is 22.4 Å². The Hall–Kier alpha value is -3.80. The summed E-state index contributed by atoms with van der Waals surface area (Å²) in [5.74, 6) is 0.379. The van der Waals surface area contributed by atoms with Crippen LogP contribution >= 0.6 is 0 Å². The van der Waals surface area contributed by atoms with Crippen molar-refractivity contribution >= 4 is 11.9 Å². The van der Waals surface area contributed by atoms with Gasteiger partial charge in [-0.15, -0.1) is 0 Å². The molecule has 0 aliphatic carbocycles. The van der Waals surface area contributed by atoms with Gasteiger partial charge in [0.2, 0.25) is 0 Å². The fourth-order valence-electron chi connectivity index (χ4n) is 5.68. The number of nitrogens with zero attached hydrogens (tertiary/aromatic N) is 6. The minimum absolute atomic E-state index is 0.0401. The van der Waals surface area contributed by atoms with Crippen LogP contribution in [-0.2, 0) is 16.5 Å². The molecule has 2 aromatic heterocycles. The van der Waals surface area contributed by atoms with Gasteiger partial charge >= 0.3 is 6.09 Å². The Bertz CT molecular complexity index is 1390. The largest absolute Gasteiger partial charge is 0.467 e. The molecule has 4 heterocycles. The lowest BCUT2D eigenvalue weighted by Gasteiger charge is -2.44. The maximum atomic E-state index is 15.8. The van der Waals surface area contributed by atoms with Crippen molar-refractivity contribution in [3.05, 3.63) is 42.7 Å². The molecule has 12 heteroatoms. The minimum Gasteiger partial charge on any atom is -0.467 e. The molecule has 2 bridgehead atoms. The molecule has 1 amide bonds. The SMILES string of the molecule is COCOc1cc(-c2cnn(C)c2)c(F)cc1-c1cnc(N(C)[C@@H]2C[C@H]3CC[C@@H]([C@@H]2F)N3C(=O)OC(C)(C)C)cn1. The fourth-order valence-corrected chi connectivity index (χ4v) is 5.68. The zero-order chi connectivity index (χ0) is 29.5. The van der Waals surface area contributed by atoms with E-state index in [0.717, 1.165) is 6.42 Å². The van der Waals surface area contributed by atoms with Crippen LogP contribution in [0.2, 0.25) is 0 Å². The number of benzene rings is 1. The number of anilines is 1. The van der Waals surface area contributed by atoms with E-state index in [9.17, 15) is 4.79 Å². The maximum Gasteiger partial charge on any atom is 0.410 e. The molecule has 2 aliphatic rings. The number of rotatable bonds is 7. The molecule has 0 N–H and O–H groups in total. The molecule has 10 nitrogen and oxygen atoms in total. The van der Waals surface area contributed by atoms with E-state index >= 15 is 8.78 Å². The topological polar surface area (TPSA) is 94.8 Å². The number of alkyl halides is 1. The van der Waals surface area contributed by atoms with E-state index in [0.29, 0.717) is 46.8 Å². The molecule has 1 aromatic carbocycles. The van der Waals surface area contributed by atoms with Gasteiger partial charge in [-0.1, -0.05) is 0 Å². The number of hydrogen-bond acceptors (Lipinski definition) is 8. The summed E-state index contributed by atoms with van der Waals surface area (Å²) in [6.45, 7) is 5.37. The quantitative estimate of drug-likeness (QED) is 0.367. The van der Waals surface area contributed by atoms with Crippen LogP contribution in [0.15, 0.2) is 36.9 Å². The minimum atomic E-state index is -1.28. The zero-order valence-corrected chi connectivity index (χ0v) is 24.2. The van der Waals surface area contributed by atoms with Crippen LogP contribution in [-0.4, -0.2) is 81.6 Å². The van der Waals surface area contributed by atoms with E-state index in [2.05, 4.69) is 15.1 Å². The molecule has 41 heavy (non-hydrogen) atoms. The average molecular weight is 571 g/mol. The van der Waals surface area contributed by atoms with Crippen molar-refractivity contribution in [1.29, 1.82) is 0 Å². The maximum absolute atomic E-state index is 15.8. The number of carbonyl (C=O) groups is 1. The molecule has 3 aromatic rings. The van der Waals surface area contributed by atoms with Gasteiger partial charge in [0.05, 0.1) is 36.4 Å². The highest BCUT2D eigenvalue weighted by molar-refractivity contribution is 5.75. The standard InChI is InChI=1S/C29H36F2N6O4/c1-29(2,3)41-28(38)37-18-7-8-23(37)27(31)24(9-18)36(5)26-14-32-22(13-33-26)20-10-21(30)19(11-25(20)40-16-39-6)17-12-34-35(4)15-17/h10-15,18,23-24,27H,7-9,16H2,1-6H3/t18-,23+,24-,27+/m1/s1. The first kappa shape index (κ1) is 28.7. The molecule has 4 atom stereocenters. The number of hydrogen-bond donors (Lipinski definition) is 0. The Morgan fingerprint density at radius 1 is 1.15 bits per heavy atom. The molecular weight excluding hydrogens is 534 g/mol. The van der Waals surface area contributed by atoms with Crippen LogP contribution in [0.4, 0.5) is 19.4 Å². The van der Waals surface area contributed by atoms with Crippen molar-refractivity contribution < 1.29 is 27.8 Å². The van der Waals surface area contributed by atoms with E-state index < -0.39 is 35.8 Å². The highest BCUT2D eigenvalue weighted by Crippen LogP contribution is 2.41. The number of aryl methyl sites for hydroxylation is 1. The predicted molar refractivity (Wildman–Crippen MR) is 149 cm³/mol. The third kappa shape index (κ3) is 5.83. The summed E-state index contributed by atoms with van der Waals surface area (Å²) in [6, 6.07) is 1.80. The summed E-state index contributed by atoms with van der Waals surface area (Å²) in [5.41, 5.74) is 1.08. The first-order chi connectivity index (χ1) is 19.5. The fraction of sp³-hybridized carbons (Fsp3) is 0.517. The number of amides is 1. The molecular formula is C29H36F2N6O4. The summed E-state index contributed by atoms with van der Waals surface area (Å²) in [5, 5.41) is 4.12. The molecule has 2 aliphatic heterocycles. The lowest BCUT2D eigenvalue weighted by atomic mass is 9.94. The Balaban J connectivity index is 1.36. The Morgan fingerprint density at radius 3 is 2.56 bits per heavy atom. The molecule has 2 saturated heterocycles. The molecule has 220 valence electrons. The van der Waals surface area contributed by atoms with Crippen LogP contribution in [0.3, 0.4) is 0 Å². The normalized spacial score (nSPS) is 22.1. The first-order valence-corrected chi connectivity index (χ1v) is 13.6. The number of fused-ring (bicyclic) bond motifs is 2. The van der Waals surface area contributed by atoms with Crippen molar-refractivity contribution in [3.8, 4) is 28.1 Å². The van der Waals surface area contributed by atoms with E-state index in [4.69, 9.17) is 14.2 Å². The number of aromatic nitrogens is 4. The molecule has 0 spiro atoms. The second kappa shape index (κ2) is 11.2. The van der Waals surface area contributed by atoms with Gasteiger partial charge in [0, 0.05) is 50.1 Å². The summed E-state index contributed by atoms with van der Waals surface area (Å²) < 4.78 is 49.0. The Labute approximate surface area is 238 Å². The lowest BCUT2D eigenvalue weighted by Crippen LogP contribution is -2.59. The summed E-state index contributed by atoms with van der Waals surface area (Å²) in [6.07, 6.45) is 6.36. The number of ether oxygens (including phenoxy) is 3. The van der Waals surface area contributed by atoms with Gasteiger partial charge in [0.15, 0.2) is 6.79 Å². The molecule has 2 fully saturated rings. The number of methoxy groups -OCH3 is 1. The van der Waals surface area contributed by atoms with Gasteiger partial charge in [0.25, 0.3) is 0 Å². The third-order valence-electron chi connectivity index (χ3n) is 7.59. The van der Waals surface area contributed by atoms with Crippen molar-refractivity contribution in [2.24, 2.45) is 7.05 Å². The van der Waals surface area contributed by atoms with E-state index in [-0.39, 0.29) is 12.8 Å². The van der Waals surface area contributed by atoms with Crippen molar-refractivity contribution in [3.63, 3.8) is 0 Å². The van der Waals surface area contributed by atoms with Crippen LogP contribution in [0.1, 0.15) is 40.0 Å². The van der Waals surface area contributed by atoms with Crippen molar-refractivity contribution in [2.75, 3.05) is 25.9 Å². The molecule has 0 radical (unpaired) electrons. The Kier molecular flexibility index (Phi) is 7.87. The monoisotopic (exact) mass is 570 g/mol. The molecule has 0 unspecified atom stereocenters. The summed E-state index contributed by atoms with van der Waals surface area (Å²) in [4.78, 5) is 25.2. The Morgan fingerprint density at radius 2 is 1.93 bits per heavy atom. The van der Waals surface area contributed by atoms with Crippen molar-refractivity contribution in [1.82, 2.24) is 24.6 Å². The number of piperidine rings is 1. The van der Waals surface area contributed by atoms with Crippen LogP contribution < -0.4 is 9.64 Å². The van der Waals surface area contributed by atoms with E-state index in [1.807, 2.05) is 0 Å². The number of halogens is 2. The van der Waals surface area contributed by atoms with Gasteiger partial charge < -0.3 is 19.1 Å². The zero-order valence-electron chi connectivity index (χ0n) is 24.2. The van der Waals surface area contributed by atoms with Gasteiger partial charge in [-0.3, -0.25) is 14.6 Å².